The zero-order valence-corrected chi connectivity index (χ0v) is 11.3. The van der Waals surface area contributed by atoms with Crippen LogP contribution in [0.1, 0.15) is 0 Å². The molecule has 0 unspecified atom stereocenters. The van der Waals surface area contributed by atoms with Crippen molar-refractivity contribution in [2.24, 2.45) is 0 Å². The van der Waals surface area contributed by atoms with Crippen LogP contribution in [0.4, 0.5) is 0 Å². The molecule has 1 aromatic carbocycles. The summed E-state index contributed by atoms with van der Waals surface area (Å²) in [6.07, 6.45) is 1.31. The number of aromatic nitrogens is 2. The molecule has 0 spiro atoms. The summed E-state index contributed by atoms with van der Waals surface area (Å²) < 4.78 is 26.6. The van der Waals surface area contributed by atoms with Crippen LogP contribution in [0, 0.1) is 0 Å². The maximum atomic E-state index is 12.4. The Morgan fingerprint density at radius 2 is 1.94 bits per heavy atom. The highest BCUT2D eigenvalue weighted by Gasteiger charge is 2.21. The predicted octanol–water partition coefficient (Wildman–Crippen LogP) is 2.99. The first-order valence-corrected chi connectivity index (χ1v) is 7.65. The molecular formula is C11H7ClN2O2S2. The Morgan fingerprint density at radius 3 is 2.67 bits per heavy atom. The fourth-order valence-corrected chi connectivity index (χ4v) is 4.53. The van der Waals surface area contributed by atoms with Crippen LogP contribution in [0.5, 0.6) is 0 Å². The molecule has 0 aliphatic rings. The number of benzene rings is 1. The van der Waals surface area contributed by atoms with E-state index in [0.717, 1.165) is 11.3 Å². The second-order valence-electron chi connectivity index (χ2n) is 3.59. The Kier molecular flexibility index (Phi) is 2.65. The Balaban J connectivity index is 2.26. The van der Waals surface area contributed by atoms with Gasteiger partial charge in [-0.25, -0.2) is 8.96 Å². The molecular weight excluding hydrogens is 292 g/mol. The first kappa shape index (κ1) is 11.7. The smallest absolute Gasteiger partial charge is 0.236 e. The van der Waals surface area contributed by atoms with Gasteiger partial charge in [-0.2, -0.15) is 8.42 Å². The van der Waals surface area contributed by atoms with Crippen molar-refractivity contribution >= 4 is 44.0 Å². The van der Waals surface area contributed by atoms with Crippen molar-refractivity contribution < 1.29 is 8.42 Å². The largest absolute Gasteiger partial charge is 0.279 e. The normalized spacial score (nSPS) is 12.1. The highest BCUT2D eigenvalue weighted by molar-refractivity contribution is 7.92. The lowest BCUT2D eigenvalue weighted by molar-refractivity contribution is 0.591. The molecule has 2 heterocycles. The van der Waals surface area contributed by atoms with E-state index in [2.05, 4.69) is 4.98 Å². The van der Waals surface area contributed by atoms with Gasteiger partial charge >= 0.3 is 0 Å². The zero-order chi connectivity index (χ0) is 12.8. The van der Waals surface area contributed by atoms with Crippen molar-refractivity contribution in [1.29, 1.82) is 0 Å². The van der Waals surface area contributed by atoms with Crippen molar-refractivity contribution in [1.82, 2.24) is 8.96 Å². The van der Waals surface area contributed by atoms with Crippen LogP contribution in [-0.4, -0.2) is 17.4 Å². The van der Waals surface area contributed by atoms with Gasteiger partial charge in [0, 0.05) is 0 Å². The summed E-state index contributed by atoms with van der Waals surface area (Å²) in [7, 11) is -3.61. The van der Waals surface area contributed by atoms with Gasteiger partial charge in [0.2, 0.25) is 0 Å². The van der Waals surface area contributed by atoms with Gasteiger partial charge in [0.15, 0.2) is 0 Å². The molecule has 3 aromatic rings. The number of thiophene rings is 1. The number of rotatable bonds is 2. The molecule has 0 aliphatic heterocycles. The zero-order valence-electron chi connectivity index (χ0n) is 8.95. The molecule has 0 saturated carbocycles. The lowest BCUT2D eigenvalue weighted by Crippen LogP contribution is -2.10. The maximum Gasteiger partial charge on any atom is 0.279 e. The first-order chi connectivity index (χ1) is 8.59. The van der Waals surface area contributed by atoms with Gasteiger partial charge in [-0.15, -0.1) is 11.3 Å². The molecule has 3 rings (SSSR count). The van der Waals surface area contributed by atoms with Crippen LogP contribution in [0.2, 0.25) is 4.34 Å². The van der Waals surface area contributed by atoms with E-state index in [1.54, 1.807) is 24.3 Å². The molecule has 0 N–H and O–H groups in total. The van der Waals surface area contributed by atoms with Crippen LogP contribution in [0.3, 0.4) is 0 Å². The van der Waals surface area contributed by atoms with E-state index in [0.29, 0.717) is 15.4 Å². The number of para-hydroxylation sites is 2. The lowest BCUT2D eigenvalue weighted by atomic mass is 10.3. The van der Waals surface area contributed by atoms with Gasteiger partial charge in [0.1, 0.15) is 10.5 Å². The number of hydrogen-bond acceptors (Lipinski definition) is 4. The molecule has 0 bridgehead atoms. The molecule has 92 valence electrons. The van der Waals surface area contributed by atoms with E-state index in [9.17, 15) is 8.42 Å². The number of imidazole rings is 1. The lowest BCUT2D eigenvalue weighted by Gasteiger charge is -2.03. The van der Waals surface area contributed by atoms with Gasteiger partial charge < -0.3 is 0 Å². The monoisotopic (exact) mass is 298 g/mol. The third-order valence-corrected chi connectivity index (χ3v) is 5.84. The maximum absolute atomic E-state index is 12.4. The SMILES string of the molecule is O=S(=O)(c1ccc(Cl)s1)n1cnc2ccccc21. The number of fused-ring (bicyclic) bond motifs is 1. The summed E-state index contributed by atoms with van der Waals surface area (Å²) in [5, 5.41) is 0. The van der Waals surface area contributed by atoms with E-state index in [1.807, 2.05) is 6.07 Å². The minimum Gasteiger partial charge on any atom is -0.236 e. The van der Waals surface area contributed by atoms with Gasteiger partial charge in [0.25, 0.3) is 10.0 Å². The third-order valence-electron chi connectivity index (χ3n) is 2.48. The number of hydrogen-bond donors (Lipinski definition) is 0. The molecule has 0 aliphatic carbocycles. The fraction of sp³-hybridized carbons (Fsp3) is 0. The highest BCUT2D eigenvalue weighted by atomic mass is 35.5. The quantitative estimate of drug-likeness (QED) is 0.731. The molecule has 0 radical (unpaired) electrons. The standard InChI is InChI=1S/C11H7ClN2O2S2/c12-10-5-6-11(17-10)18(15,16)14-7-13-8-3-1-2-4-9(8)14/h1-7H. The summed E-state index contributed by atoms with van der Waals surface area (Å²) in [6.45, 7) is 0. The van der Waals surface area contributed by atoms with Crippen molar-refractivity contribution in [3.05, 3.63) is 47.1 Å². The highest BCUT2D eigenvalue weighted by Crippen LogP contribution is 2.28. The summed E-state index contributed by atoms with van der Waals surface area (Å²) in [5.74, 6) is 0. The van der Waals surface area contributed by atoms with E-state index < -0.39 is 10.0 Å². The molecule has 0 atom stereocenters. The summed E-state index contributed by atoms with van der Waals surface area (Å²) in [6, 6.07) is 10.1. The van der Waals surface area contributed by atoms with Gasteiger partial charge in [0.05, 0.1) is 15.4 Å². The number of nitrogens with zero attached hydrogens (tertiary/aromatic N) is 2. The van der Waals surface area contributed by atoms with Crippen LogP contribution < -0.4 is 0 Å². The van der Waals surface area contributed by atoms with Crippen LogP contribution in [-0.2, 0) is 10.0 Å². The van der Waals surface area contributed by atoms with Crippen molar-refractivity contribution in [2.75, 3.05) is 0 Å². The summed E-state index contributed by atoms with van der Waals surface area (Å²) in [5.41, 5.74) is 1.20. The average molecular weight is 299 g/mol. The van der Waals surface area contributed by atoms with Crippen molar-refractivity contribution in [2.45, 2.75) is 4.21 Å². The average Bonchev–Trinajstić information content (AvgIpc) is 2.95. The molecule has 2 aromatic heterocycles. The van der Waals surface area contributed by atoms with Crippen LogP contribution >= 0.6 is 22.9 Å². The van der Waals surface area contributed by atoms with E-state index >= 15 is 0 Å². The Bertz CT molecular complexity index is 820. The van der Waals surface area contributed by atoms with Crippen molar-refractivity contribution in [3.8, 4) is 0 Å². The molecule has 0 fully saturated rings. The second-order valence-corrected chi connectivity index (χ2v) is 7.35. The summed E-state index contributed by atoms with van der Waals surface area (Å²) in [4.78, 5) is 4.07. The van der Waals surface area contributed by atoms with Crippen molar-refractivity contribution in [3.63, 3.8) is 0 Å². The van der Waals surface area contributed by atoms with E-state index in [4.69, 9.17) is 11.6 Å². The van der Waals surface area contributed by atoms with Crippen LogP contribution in [0.15, 0.2) is 46.9 Å². The topological polar surface area (TPSA) is 52.0 Å². The third kappa shape index (κ3) is 1.73. The first-order valence-electron chi connectivity index (χ1n) is 5.02. The Morgan fingerprint density at radius 1 is 1.17 bits per heavy atom. The fourth-order valence-electron chi connectivity index (χ4n) is 1.66. The minimum atomic E-state index is -3.61. The Labute approximate surface area is 113 Å². The van der Waals surface area contributed by atoms with Gasteiger partial charge in [-0.1, -0.05) is 23.7 Å². The number of halogens is 1. The second kappa shape index (κ2) is 4.08. The molecule has 0 amide bonds. The van der Waals surface area contributed by atoms with Gasteiger partial charge in [-0.05, 0) is 24.3 Å². The predicted molar refractivity (Wildman–Crippen MR) is 71.6 cm³/mol. The molecule has 18 heavy (non-hydrogen) atoms. The summed E-state index contributed by atoms with van der Waals surface area (Å²) >= 11 is 6.81. The Hall–Kier alpha value is -1.37. The molecule has 7 heteroatoms. The minimum absolute atomic E-state index is 0.204. The molecule has 0 saturated heterocycles. The van der Waals surface area contributed by atoms with Crippen LogP contribution in [0.25, 0.3) is 11.0 Å². The van der Waals surface area contributed by atoms with E-state index in [-0.39, 0.29) is 4.21 Å². The van der Waals surface area contributed by atoms with Gasteiger partial charge in [-0.3, -0.25) is 0 Å². The molecule has 4 nitrogen and oxygen atoms in total. The van der Waals surface area contributed by atoms with E-state index in [1.165, 1.54) is 16.4 Å².